The quantitative estimate of drug-likeness (QED) is 0.575. The number of aryl methyl sites for hydroxylation is 1. The van der Waals surface area contributed by atoms with E-state index in [1.807, 2.05) is 31.7 Å². The molecule has 5 rings (SSSR count). The Balaban J connectivity index is 1.73. The van der Waals surface area contributed by atoms with Gasteiger partial charge in [-0.15, -0.1) is 0 Å². The van der Waals surface area contributed by atoms with Crippen LogP contribution in [-0.2, 0) is 23.7 Å². The zero-order valence-corrected chi connectivity index (χ0v) is 17.9. The van der Waals surface area contributed by atoms with E-state index in [0.29, 0.717) is 0 Å². The molecule has 0 radical (unpaired) electrons. The zero-order valence-electron chi connectivity index (χ0n) is 17.9. The first-order chi connectivity index (χ1) is 14.3. The highest BCUT2D eigenvalue weighted by Gasteiger charge is 2.55. The van der Waals surface area contributed by atoms with Crippen molar-refractivity contribution in [2.75, 3.05) is 0 Å². The molecule has 0 saturated heterocycles. The fourth-order valence-electron chi connectivity index (χ4n) is 5.92. The first-order valence-corrected chi connectivity index (χ1v) is 10.5. The van der Waals surface area contributed by atoms with E-state index in [1.165, 1.54) is 16.3 Å². The van der Waals surface area contributed by atoms with Crippen LogP contribution >= 0.6 is 0 Å². The number of rotatable bonds is 1. The summed E-state index contributed by atoms with van der Waals surface area (Å²) in [5, 5.41) is 17.0. The number of carbonyl (C=O) groups is 1. The summed E-state index contributed by atoms with van der Waals surface area (Å²) in [6, 6.07) is 17.1. The third-order valence-corrected chi connectivity index (χ3v) is 7.35. The Hall–Kier alpha value is -3.19. The average Bonchev–Trinajstić information content (AvgIpc) is 3.08. The first kappa shape index (κ1) is 18.8. The average molecular weight is 396 g/mol. The Morgan fingerprint density at radius 3 is 2.60 bits per heavy atom. The van der Waals surface area contributed by atoms with E-state index in [2.05, 4.69) is 55.5 Å². The Labute approximate surface area is 176 Å². The van der Waals surface area contributed by atoms with E-state index in [1.54, 1.807) is 0 Å². The van der Waals surface area contributed by atoms with Gasteiger partial charge in [0.15, 0.2) is 5.78 Å². The topological polar surface area (TPSA) is 58.7 Å². The molecule has 0 spiro atoms. The van der Waals surface area contributed by atoms with Crippen molar-refractivity contribution in [2.24, 2.45) is 18.4 Å². The van der Waals surface area contributed by atoms with Crippen molar-refractivity contribution in [1.82, 2.24) is 9.78 Å². The lowest BCUT2D eigenvalue weighted by Gasteiger charge is -2.49. The molecule has 4 heteroatoms. The van der Waals surface area contributed by atoms with E-state index in [0.717, 1.165) is 29.8 Å². The van der Waals surface area contributed by atoms with Gasteiger partial charge in [0, 0.05) is 29.0 Å². The van der Waals surface area contributed by atoms with E-state index < -0.39 is 10.8 Å². The van der Waals surface area contributed by atoms with E-state index >= 15 is 0 Å². The van der Waals surface area contributed by atoms with Crippen molar-refractivity contribution < 1.29 is 4.79 Å². The van der Waals surface area contributed by atoms with Crippen LogP contribution in [-0.4, -0.2) is 15.6 Å². The normalized spacial score (nSPS) is 24.7. The Kier molecular flexibility index (Phi) is 3.86. The lowest BCUT2D eigenvalue weighted by Crippen LogP contribution is -2.51. The minimum Gasteiger partial charge on any atom is -0.293 e. The molecule has 30 heavy (non-hydrogen) atoms. The van der Waals surface area contributed by atoms with Gasteiger partial charge in [0.1, 0.15) is 6.07 Å². The molecule has 3 aromatic rings. The van der Waals surface area contributed by atoms with Crippen LogP contribution in [0, 0.1) is 22.7 Å². The Bertz CT molecular complexity index is 1290. The second-order valence-corrected chi connectivity index (χ2v) is 9.46. The van der Waals surface area contributed by atoms with Crippen LogP contribution in [0.4, 0.5) is 0 Å². The van der Waals surface area contributed by atoms with Crippen molar-refractivity contribution in [1.29, 1.82) is 5.26 Å². The number of allylic oxidation sites excluding steroid dienone is 2. The van der Waals surface area contributed by atoms with Crippen molar-refractivity contribution in [3.63, 3.8) is 0 Å². The van der Waals surface area contributed by atoms with Gasteiger partial charge in [-0.2, -0.15) is 10.4 Å². The second kappa shape index (κ2) is 6.15. The number of carbonyl (C=O) groups excluding carboxylic acids is 1. The maximum atomic E-state index is 12.9. The Morgan fingerprint density at radius 2 is 1.87 bits per heavy atom. The summed E-state index contributed by atoms with van der Waals surface area (Å²) >= 11 is 0. The van der Waals surface area contributed by atoms with Crippen molar-refractivity contribution in [2.45, 2.75) is 39.0 Å². The Morgan fingerprint density at radius 1 is 1.13 bits per heavy atom. The number of hydrogen-bond acceptors (Lipinski definition) is 3. The standard InChI is InChI=1S/C26H25N3O/c1-25(2)21-12-11-20-22(18-10-9-16-7-5-6-8-17(16)13-18)29(4)28-23(20)26(21,3)14-19(15-27)24(25)30/h5-10,13-14,21H,11-12H2,1-4H3. The monoisotopic (exact) mass is 395 g/mol. The number of benzene rings is 2. The third-order valence-electron chi connectivity index (χ3n) is 7.35. The van der Waals surface area contributed by atoms with Gasteiger partial charge in [-0.1, -0.05) is 63.2 Å². The highest BCUT2D eigenvalue weighted by molar-refractivity contribution is 6.04. The molecule has 4 nitrogen and oxygen atoms in total. The molecule has 2 aliphatic carbocycles. The zero-order chi connectivity index (χ0) is 21.3. The summed E-state index contributed by atoms with van der Waals surface area (Å²) < 4.78 is 1.98. The van der Waals surface area contributed by atoms with Gasteiger partial charge in [-0.05, 0) is 35.6 Å². The molecule has 0 amide bonds. The van der Waals surface area contributed by atoms with E-state index in [4.69, 9.17) is 5.10 Å². The number of nitriles is 1. The fraction of sp³-hybridized carbons (Fsp3) is 0.346. The molecule has 0 aliphatic heterocycles. The molecule has 0 fully saturated rings. The summed E-state index contributed by atoms with van der Waals surface area (Å²) in [7, 11) is 2.00. The van der Waals surface area contributed by atoms with Crippen molar-refractivity contribution >= 4 is 16.6 Å². The smallest absolute Gasteiger partial charge is 0.178 e. The highest BCUT2D eigenvalue weighted by Crippen LogP contribution is 2.55. The molecule has 0 saturated carbocycles. The number of ketones is 1. The predicted molar refractivity (Wildman–Crippen MR) is 118 cm³/mol. The molecule has 1 aromatic heterocycles. The van der Waals surface area contributed by atoms with Gasteiger partial charge < -0.3 is 0 Å². The van der Waals surface area contributed by atoms with Gasteiger partial charge >= 0.3 is 0 Å². The van der Waals surface area contributed by atoms with Crippen LogP contribution < -0.4 is 0 Å². The number of hydrogen-bond donors (Lipinski definition) is 0. The number of aromatic nitrogens is 2. The molecule has 2 unspecified atom stereocenters. The van der Waals surface area contributed by atoms with Crippen molar-refractivity contribution in [3.8, 4) is 17.3 Å². The van der Waals surface area contributed by atoms with Gasteiger partial charge in [-0.25, -0.2) is 0 Å². The molecule has 0 bridgehead atoms. The van der Waals surface area contributed by atoms with Crippen LogP contribution in [0.5, 0.6) is 0 Å². The van der Waals surface area contributed by atoms with Gasteiger partial charge in [0.25, 0.3) is 0 Å². The minimum atomic E-state index is -0.577. The molecule has 2 aromatic carbocycles. The number of Topliss-reactive ketones (excluding diaryl/α,β-unsaturated/α-hetero) is 1. The minimum absolute atomic E-state index is 0.0402. The molecular weight excluding hydrogens is 370 g/mol. The van der Waals surface area contributed by atoms with E-state index in [-0.39, 0.29) is 17.3 Å². The largest absolute Gasteiger partial charge is 0.293 e. The van der Waals surface area contributed by atoms with Gasteiger partial charge in [0.2, 0.25) is 0 Å². The van der Waals surface area contributed by atoms with E-state index in [9.17, 15) is 10.1 Å². The summed E-state index contributed by atoms with van der Waals surface area (Å²) in [5.41, 5.74) is 3.81. The molecular formula is C26H25N3O. The second-order valence-electron chi connectivity index (χ2n) is 9.46. The first-order valence-electron chi connectivity index (χ1n) is 10.5. The van der Waals surface area contributed by atoms with Crippen LogP contribution in [0.25, 0.3) is 22.0 Å². The molecule has 1 heterocycles. The summed E-state index contributed by atoms with van der Waals surface area (Å²) in [6.45, 7) is 6.12. The molecule has 150 valence electrons. The molecule has 0 N–H and O–H groups in total. The summed E-state index contributed by atoms with van der Waals surface area (Å²) in [5.74, 6) is 0.0862. The van der Waals surface area contributed by atoms with Crippen molar-refractivity contribution in [3.05, 3.63) is 65.4 Å². The number of nitrogens with zero attached hydrogens (tertiary/aromatic N) is 3. The van der Waals surface area contributed by atoms with Gasteiger partial charge in [0.05, 0.1) is 17.0 Å². The van der Waals surface area contributed by atoms with Crippen LogP contribution in [0.3, 0.4) is 0 Å². The maximum absolute atomic E-state index is 12.9. The summed E-state index contributed by atoms with van der Waals surface area (Å²) in [6.07, 6.45) is 3.68. The molecule has 2 aliphatic rings. The highest BCUT2D eigenvalue weighted by atomic mass is 16.1. The SMILES string of the molecule is Cn1nc2c(c1-c1ccc3ccccc3c1)CCC1C(C)(C)C(=O)C(C#N)=CC21C. The van der Waals surface area contributed by atoms with Crippen LogP contribution in [0.2, 0.25) is 0 Å². The van der Waals surface area contributed by atoms with Crippen LogP contribution in [0.1, 0.15) is 38.4 Å². The van der Waals surface area contributed by atoms with Gasteiger partial charge in [-0.3, -0.25) is 9.48 Å². The van der Waals surface area contributed by atoms with Crippen LogP contribution in [0.15, 0.2) is 54.1 Å². The summed E-state index contributed by atoms with van der Waals surface area (Å²) in [4.78, 5) is 12.9. The number of fused-ring (bicyclic) bond motifs is 4. The lowest BCUT2D eigenvalue weighted by molar-refractivity contribution is -0.128. The third kappa shape index (κ3) is 2.38. The fourth-order valence-corrected chi connectivity index (χ4v) is 5.92. The maximum Gasteiger partial charge on any atom is 0.178 e. The predicted octanol–water partition coefficient (Wildman–Crippen LogP) is 5.12. The molecule has 2 atom stereocenters. The lowest BCUT2D eigenvalue weighted by atomic mass is 9.52.